The Hall–Kier alpha value is -2.85. The van der Waals surface area contributed by atoms with Gasteiger partial charge in [-0.15, -0.1) is 35.9 Å². The molecule has 5 aromatic rings. The van der Waals surface area contributed by atoms with Gasteiger partial charge >= 0.3 is 153 Å². The van der Waals surface area contributed by atoms with E-state index >= 15 is 0 Å². The first kappa shape index (κ1) is 28.2. The zero-order valence-electron chi connectivity index (χ0n) is 22.5. The molecule has 1 aliphatic carbocycles. The summed E-state index contributed by atoms with van der Waals surface area (Å²) in [6, 6.07) is 37.6. The molecule has 0 saturated heterocycles. The van der Waals surface area contributed by atoms with Crippen LogP contribution in [0.3, 0.4) is 0 Å². The summed E-state index contributed by atoms with van der Waals surface area (Å²) in [4.78, 5) is 8.98. The van der Waals surface area contributed by atoms with Crippen LogP contribution >= 0.6 is 0 Å². The Kier molecular flexibility index (Phi) is 8.52. The average molecular weight is 733 g/mol. The second-order valence-electron chi connectivity index (χ2n) is 11.0. The van der Waals surface area contributed by atoms with Gasteiger partial charge < -0.3 is 4.98 Å². The molecule has 0 aliphatic heterocycles. The van der Waals surface area contributed by atoms with E-state index in [2.05, 4.69) is 84.8 Å². The molecular weight excluding hydrogens is 701 g/mol. The molecule has 0 unspecified atom stereocenters. The minimum Gasteiger partial charge on any atom is -0.305 e. The van der Waals surface area contributed by atoms with Crippen LogP contribution < -0.4 is 4.40 Å². The van der Waals surface area contributed by atoms with Crippen LogP contribution in [0.15, 0.2) is 103 Å². The Morgan fingerprint density at radius 1 is 0.658 bits per heavy atom. The van der Waals surface area contributed by atoms with Gasteiger partial charge in [-0.2, -0.15) is 0 Å². The summed E-state index contributed by atoms with van der Waals surface area (Å²) in [6.45, 7) is 4.66. The fourth-order valence-corrected chi connectivity index (χ4v) is 7.32. The van der Waals surface area contributed by atoms with Crippen LogP contribution in [-0.4, -0.2) is 23.2 Å². The van der Waals surface area contributed by atoms with E-state index < -0.39 is 13.3 Å². The van der Waals surface area contributed by atoms with Crippen LogP contribution in [0.2, 0.25) is 17.3 Å². The molecule has 38 heavy (non-hydrogen) atoms. The SMILES string of the molecule is CC1(C)c2cc[c]([Ge]([CH3])([CH3])[CH3])cc2-c2cnc(-c3[c-]cccc3)cc21.[Ir].[c-]1ccccc1-c1ccccn1. The molecule has 193 valence electrons. The van der Waals surface area contributed by atoms with Crippen molar-refractivity contribution >= 4 is 17.7 Å². The molecule has 2 nitrogen and oxygen atoms in total. The topological polar surface area (TPSA) is 25.8 Å². The van der Waals surface area contributed by atoms with Gasteiger partial charge in [-0.05, 0) is 11.8 Å². The molecule has 1 aliphatic rings. The molecule has 0 amide bonds. The van der Waals surface area contributed by atoms with Crippen molar-refractivity contribution in [1.29, 1.82) is 0 Å². The third-order valence-electron chi connectivity index (χ3n) is 7.06. The summed E-state index contributed by atoms with van der Waals surface area (Å²) in [5.74, 6) is 7.36. The van der Waals surface area contributed by atoms with Crippen LogP contribution in [-0.2, 0) is 25.5 Å². The first-order chi connectivity index (χ1) is 17.7. The van der Waals surface area contributed by atoms with Crippen LogP contribution in [0.1, 0.15) is 25.0 Å². The van der Waals surface area contributed by atoms with E-state index in [-0.39, 0.29) is 25.5 Å². The minimum absolute atomic E-state index is 0. The fourth-order valence-electron chi connectivity index (χ4n) is 4.89. The van der Waals surface area contributed by atoms with E-state index in [0.717, 1.165) is 22.5 Å². The monoisotopic (exact) mass is 735 g/mol. The summed E-state index contributed by atoms with van der Waals surface area (Å²) >= 11 is -1.85. The van der Waals surface area contributed by atoms with Crippen molar-refractivity contribution in [2.75, 3.05) is 0 Å². The summed E-state index contributed by atoms with van der Waals surface area (Å²) in [5.41, 5.74) is 9.58. The van der Waals surface area contributed by atoms with Gasteiger partial charge in [0, 0.05) is 26.3 Å². The first-order valence-corrected chi connectivity index (χ1v) is 20.1. The van der Waals surface area contributed by atoms with Gasteiger partial charge in [0.25, 0.3) is 0 Å². The maximum atomic E-state index is 4.76. The van der Waals surface area contributed by atoms with Gasteiger partial charge in [0.1, 0.15) is 0 Å². The molecule has 4 heteroatoms. The number of rotatable bonds is 3. The third kappa shape index (κ3) is 5.76. The Morgan fingerprint density at radius 2 is 1.32 bits per heavy atom. The molecule has 0 spiro atoms. The van der Waals surface area contributed by atoms with Gasteiger partial charge in [0.2, 0.25) is 0 Å². The van der Waals surface area contributed by atoms with Gasteiger partial charge in [-0.3, -0.25) is 0 Å². The van der Waals surface area contributed by atoms with Crippen LogP contribution in [0.4, 0.5) is 0 Å². The van der Waals surface area contributed by atoms with E-state index in [0.29, 0.717) is 0 Å². The van der Waals surface area contributed by atoms with Crippen molar-refractivity contribution in [2.45, 2.75) is 36.5 Å². The van der Waals surface area contributed by atoms with Crippen LogP contribution in [0.5, 0.6) is 0 Å². The number of hydrogen-bond donors (Lipinski definition) is 0. The van der Waals surface area contributed by atoms with Crippen molar-refractivity contribution in [3.05, 3.63) is 127 Å². The van der Waals surface area contributed by atoms with Crippen molar-refractivity contribution in [2.24, 2.45) is 0 Å². The maximum absolute atomic E-state index is 4.76. The Labute approximate surface area is 243 Å². The summed E-state index contributed by atoms with van der Waals surface area (Å²) in [7, 11) is 0. The molecule has 0 bridgehead atoms. The smallest absolute Gasteiger partial charge is 0.0160 e. The largest absolute Gasteiger partial charge is 0.305 e. The zero-order chi connectivity index (χ0) is 26.0. The normalized spacial score (nSPS) is 12.9. The quantitative estimate of drug-likeness (QED) is 0.139. The molecule has 0 saturated carbocycles. The zero-order valence-corrected chi connectivity index (χ0v) is 27.0. The van der Waals surface area contributed by atoms with E-state index in [1.165, 1.54) is 22.3 Å². The molecule has 0 fully saturated rings. The average Bonchev–Trinajstić information content (AvgIpc) is 3.16. The predicted octanol–water partition coefficient (Wildman–Crippen LogP) is 7.95. The molecule has 0 atom stereocenters. The molecule has 6 rings (SSSR count). The standard InChI is InChI=1S/C23H24GeN.C11H8N.Ir/c1-23(2)20-12-11-17(24(3,4)5)13-18(20)19-15-25-22(14-21(19)23)16-9-7-6-8-10-16;1-2-6-10(7-3-1)11-8-4-5-9-12-11;/h6-9,11-15H,1-5H3;1-6,8-9H;/q2*-1;. The van der Waals surface area contributed by atoms with Gasteiger partial charge in [0.05, 0.1) is 0 Å². The summed E-state index contributed by atoms with van der Waals surface area (Å²) in [6.07, 6.45) is 3.86. The van der Waals surface area contributed by atoms with Gasteiger partial charge in [0.15, 0.2) is 0 Å². The Bertz CT molecular complexity index is 1470. The molecule has 0 N–H and O–H groups in total. The Balaban J connectivity index is 0.000000218. The number of nitrogens with zero attached hydrogens (tertiary/aromatic N) is 2. The second-order valence-corrected chi connectivity index (χ2v) is 21.7. The molecular formula is C34H32GeIrN2-2. The second kappa shape index (κ2) is 11.5. The van der Waals surface area contributed by atoms with E-state index in [1.54, 1.807) is 10.6 Å². The third-order valence-corrected chi connectivity index (χ3v) is 11.3. The fraction of sp³-hybridized carbons (Fsp3) is 0.176. The predicted molar refractivity (Wildman–Crippen MR) is 158 cm³/mol. The van der Waals surface area contributed by atoms with Crippen molar-refractivity contribution in [3.63, 3.8) is 0 Å². The van der Waals surface area contributed by atoms with Crippen molar-refractivity contribution in [3.8, 4) is 33.6 Å². The van der Waals surface area contributed by atoms with Gasteiger partial charge in [-0.25, -0.2) is 0 Å². The first-order valence-electron chi connectivity index (χ1n) is 12.8. The minimum atomic E-state index is -1.85. The number of pyridine rings is 2. The molecule has 3 aromatic carbocycles. The summed E-state index contributed by atoms with van der Waals surface area (Å²) < 4.78 is 1.56. The van der Waals surface area contributed by atoms with Crippen LogP contribution in [0, 0.1) is 12.1 Å². The summed E-state index contributed by atoms with van der Waals surface area (Å²) in [5, 5.41) is 0. The number of fused-ring (bicyclic) bond motifs is 3. The van der Waals surface area contributed by atoms with Crippen LogP contribution in [0.25, 0.3) is 33.6 Å². The number of aromatic nitrogens is 2. The van der Waals surface area contributed by atoms with Crippen molar-refractivity contribution < 1.29 is 20.1 Å². The van der Waals surface area contributed by atoms with Crippen molar-refractivity contribution in [1.82, 2.24) is 9.97 Å². The molecule has 1 radical (unpaired) electrons. The Morgan fingerprint density at radius 3 is 1.89 bits per heavy atom. The van der Waals surface area contributed by atoms with Gasteiger partial charge in [-0.1, -0.05) is 12.1 Å². The number of hydrogen-bond acceptors (Lipinski definition) is 2. The number of benzene rings is 3. The van der Waals surface area contributed by atoms with E-state index in [9.17, 15) is 0 Å². The maximum Gasteiger partial charge on any atom is 0.0160 e. The van der Waals surface area contributed by atoms with E-state index in [4.69, 9.17) is 4.98 Å². The van der Waals surface area contributed by atoms with E-state index in [1.807, 2.05) is 60.7 Å². The molecule has 2 aromatic heterocycles. The molecule has 2 heterocycles.